The lowest BCUT2D eigenvalue weighted by Gasteiger charge is -2.23. The number of aryl methyl sites for hydroxylation is 3. The zero-order valence-electron chi connectivity index (χ0n) is 19.0. The quantitative estimate of drug-likeness (QED) is 0.361. The van der Waals surface area contributed by atoms with E-state index >= 15 is 0 Å². The molecule has 1 fully saturated rings. The summed E-state index contributed by atoms with van der Waals surface area (Å²) in [6.45, 7) is 2.01. The summed E-state index contributed by atoms with van der Waals surface area (Å²) in [5, 5.41) is 1.03. The Bertz CT molecular complexity index is 1250. The van der Waals surface area contributed by atoms with Crippen molar-refractivity contribution in [2.45, 2.75) is 64.4 Å². The van der Waals surface area contributed by atoms with E-state index in [1.165, 1.54) is 19.3 Å². The number of halogens is 1. The van der Waals surface area contributed by atoms with E-state index in [0.717, 1.165) is 52.7 Å². The molecule has 0 unspecified atom stereocenters. The van der Waals surface area contributed by atoms with Crippen molar-refractivity contribution in [1.29, 1.82) is 0 Å². The van der Waals surface area contributed by atoms with E-state index in [-0.39, 0.29) is 6.10 Å². The number of rotatable bonds is 7. The standard InChI is InChI=1S/C27H29FN4O/c1-18-14-24-21(17-31-26(24)30-16-18)15-20-10-12-22(32-25(20)28)11-9-19-6-5-13-29-27(19)33-23-7-3-2-4-8-23/h5-6,10,12-14,16-17,23H,2-4,7-9,11,15H2,1H3,(H,30,31). The van der Waals surface area contributed by atoms with Gasteiger partial charge in [-0.2, -0.15) is 4.39 Å². The molecule has 33 heavy (non-hydrogen) atoms. The molecule has 4 aromatic heterocycles. The Morgan fingerprint density at radius 3 is 2.76 bits per heavy atom. The molecule has 0 amide bonds. The molecule has 4 aromatic rings. The largest absolute Gasteiger partial charge is 0.474 e. The van der Waals surface area contributed by atoms with Crippen molar-refractivity contribution in [3.63, 3.8) is 0 Å². The molecule has 1 aliphatic rings. The maximum Gasteiger partial charge on any atom is 0.216 e. The number of aromatic nitrogens is 4. The zero-order valence-corrected chi connectivity index (χ0v) is 19.0. The van der Waals surface area contributed by atoms with Gasteiger partial charge in [0.05, 0.1) is 0 Å². The number of hydrogen-bond donors (Lipinski definition) is 1. The second-order valence-corrected chi connectivity index (χ2v) is 9.00. The monoisotopic (exact) mass is 444 g/mol. The Morgan fingerprint density at radius 2 is 1.91 bits per heavy atom. The maximum absolute atomic E-state index is 14.9. The third-order valence-corrected chi connectivity index (χ3v) is 6.45. The van der Waals surface area contributed by atoms with Gasteiger partial charge in [0.25, 0.3) is 0 Å². The summed E-state index contributed by atoms with van der Waals surface area (Å²) in [6.07, 6.45) is 13.5. The van der Waals surface area contributed by atoms with E-state index in [9.17, 15) is 4.39 Å². The molecular formula is C27H29FN4O. The Balaban J connectivity index is 1.26. The first-order chi connectivity index (χ1) is 16.2. The maximum atomic E-state index is 14.9. The van der Waals surface area contributed by atoms with Gasteiger partial charge < -0.3 is 9.72 Å². The van der Waals surface area contributed by atoms with E-state index in [1.54, 1.807) is 6.20 Å². The van der Waals surface area contributed by atoms with Crippen LogP contribution in [0.4, 0.5) is 4.39 Å². The van der Waals surface area contributed by atoms with Gasteiger partial charge in [0.2, 0.25) is 11.8 Å². The fourth-order valence-electron chi connectivity index (χ4n) is 4.61. The van der Waals surface area contributed by atoms with Crippen LogP contribution in [-0.2, 0) is 19.3 Å². The number of H-pyrrole nitrogens is 1. The minimum atomic E-state index is -0.410. The first-order valence-corrected chi connectivity index (χ1v) is 11.8. The summed E-state index contributed by atoms with van der Waals surface area (Å²) in [6, 6.07) is 9.83. The first kappa shape index (κ1) is 21.6. The van der Waals surface area contributed by atoms with Gasteiger partial charge in [-0.05, 0) is 74.8 Å². The molecular weight excluding hydrogens is 415 g/mol. The molecule has 0 saturated heterocycles. The highest BCUT2D eigenvalue weighted by atomic mass is 19.1. The Kier molecular flexibility index (Phi) is 6.33. The van der Waals surface area contributed by atoms with Crippen LogP contribution in [0, 0.1) is 12.9 Å². The van der Waals surface area contributed by atoms with Gasteiger partial charge in [-0.15, -0.1) is 0 Å². The van der Waals surface area contributed by atoms with Gasteiger partial charge in [-0.3, -0.25) is 0 Å². The van der Waals surface area contributed by atoms with Crippen LogP contribution >= 0.6 is 0 Å². The number of nitrogens with zero attached hydrogens (tertiary/aromatic N) is 3. The third-order valence-electron chi connectivity index (χ3n) is 6.45. The predicted octanol–water partition coefficient (Wildman–Crippen LogP) is 5.89. The number of hydrogen-bond acceptors (Lipinski definition) is 4. The van der Waals surface area contributed by atoms with E-state index in [4.69, 9.17) is 4.74 Å². The predicted molar refractivity (Wildman–Crippen MR) is 127 cm³/mol. The van der Waals surface area contributed by atoms with E-state index in [2.05, 4.69) is 26.0 Å². The molecule has 1 N–H and O–H groups in total. The van der Waals surface area contributed by atoms with Crippen molar-refractivity contribution in [2.75, 3.05) is 0 Å². The summed E-state index contributed by atoms with van der Waals surface area (Å²) in [4.78, 5) is 16.3. The van der Waals surface area contributed by atoms with Crippen LogP contribution in [0.2, 0.25) is 0 Å². The second-order valence-electron chi connectivity index (χ2n) is 9.00. The lowest BCUT2D eigenvalue weighted by Crippen LogP contribution is -2.21. The average Bonchev–Trinajstić information content (AvgIpc) is 3.22. The van der Waals surface area contributed by atoms with Crippen LogP contribution in [0.1, 0.15) is 60.1 Å². The molecule has 0 aromatic carbocycles. The van der Waals surface area contributed by atoms with Crippen LogP contribution in [0.15, 0.2) is 48.9 Å². The van der Waals surface area contributed by atoms with Crippen LogP contribution in [0.3, 0.4) is 0 Å². The molecule has 0 atom stereocenters. The smallest absolute Gasteiger partial charge is 0.216 e. The van der Waals surface area contributed by atoms with Crippen LogP contribution in [-0.4, -0.2) is 26.0 Å². The van der Waals surface area contributed by atoms with Gasteiger partial charge in [0.1, 0.15) is 11.8 Å². The Labute approximate surface area is 193 Å². The minimum Gasteiger partial charge on any atom is -0.474 e. The molecule has 0 bridgehead atoms. The molecule has 6 heteroatoms. The van der Waals surface area contributed by atoms with Crippen LogP contribution in [0.5, 0.6) is 5.88 Å². The molecule has 0 spiro atoms. The summed E-state index contributed by atoms with van der Waals surface area (Å²) in [7, 11) is 0. The number of aromatic amines is 1. The molecule has 1 aliphatic carbocycles. The van der Waals surface area contributed by atoms with E-state index in [1.807, 2.05) is 43.6 Å². The van der Waals surface area contributed by atoms with Crippen molar-refractivity contribution >= 4 is 11.0 Å². The summed E-state index contributed by atoms with van der Waals surface area (Å²) >= 11 is 0. The van der Waals surface area contributed by atoms with Gasteiger partial charge >= 0.3 is 0 Å². The third kappa shape index (κ3) is 5.05. The lowest BCUT2D eigenvalue weighted by atomic mass is 9.98. The highest BCUT2D eigenvalue weighted by Crippen LogP contribution is 2.26. The summed E-state index contributed by atoms with van der Waals surface area (Å²) in [5.41, 5.74) is 5.30. The summed E-state index contributed by atoms with van der Waals surface area (Å²) < 4.78 is 21.1. The Hall–Kier alpha value is -3.28. The lowest BCUT2D eigenvalue weighted by molar-refractivity contribution is 0.147. The van der Waals surface area contributed by atoms with Gasteiger partial charge in [0, 0.05) is 47.2 Å². The number of fused-ring (bicyclic) bond motifs is 1. The van der Waals surface area contributed by atoms with Crippen molar-refractivity contribution < 1.29 is 9.13 Å². The van der Waals surface area contributed by atoms with E-state index in [0.29, 0.717) is 24.3 Å². The first-order valence-electron chi connectivity index (χ1n) is 11.8. The minimum absolute atomic E-state index is 0.255. The molecule has 170 valence electrons. The molecule has 5 rings (SSSR count). The van der Waals surface area contributed by atoms with Gasteiger partial charge in [0.15, 0.2) is 0 Å². The second kappa shape index (κ2) is 9.69. The average molecular weight is 445 g/mol. The van der Waals surface area contributed by atoms with E-state index < -0.39 is 5.95 Å². The molecule has 1 saturated carbocycles. The molecule has 4 heterocycles. The van der Waals surface area contributed by atoms with Crippen molar-refractivity contribution in [3.05, 3.63) is 82.8 Å². The Morgan fingerprint density at radius 1 is 1.03 bits per heavy atom. The van der Waals surface area contributed by atoms with Gasteiger partial charge in [-0.1, -0.05) is 18.6 Å². The van der Waals surface area contributed by atoms with Gasteiger partial charge in [-0.25, -0.2) is 15.0 Å². The fourth-order valence-corrected chi connectivity index (χ4v) is 4.61. The molecule has 5 nitrogen and oxygen atoms in total. The number of pyridine rings is 3. The van der Waals surface area contributed by atoms with Crippen molar-refractivity contribution in [3.8, 4) is 5.88 Å². The highest BCUT2D eigenvalue weighted by Gasteiger charge is 2.17. The topological polar surface area (TPSA) is 63.7 Å². The fraction of sp³-hybridized carbons (Fsp3) is 0.370. The summed E-state index contributed by atoms with van der Waals surface area (Å²) in [5.74, 6) is 0.303. The van der Waals surface area contributed by atoms with Crippen molar-refractivity contribution in [2.24, 2.45) is 0 Å². The normalized spacial score (nSPS) is 14.6. The molecule has 0 aliphatic heterocycles. The number of ether oxygens (including phenoxy) is 1. The number of nitrogens with one attached hydrogen (secondary N) is 1. The highest BCUT2D eigenvalue weighted by molar-refractivity contribution is 5.80. The van der Waals surface area contributed by atoms with Crippen molar-refractivity contribution in [1.82, 2.24) is 19.9 Å². The zero-order chi connectivity index (χ0) is 22.6. The molecule has 0 radical (unpaired) electrons. The van der Waals surface area contributed by atoms with Crippen LogP contribution < -0.4 is 4.74 Å². The van der Waals surface area contributed by atoms with Crippen LogP contribution in [0.25, 0.3) is 11.0 Å². The SMILES string of the molecule is Cc1cnc2[nH]cc(Cc3ccc(CCc4cccnc4OC4CCCCC4)nc3F)c2c1.